The van der Waals surface area contributed by atoms with E-state index in [0.29, 0.717) is 0 Å². The van der Waals surface area contributed by atoms with Crippen molar-refractivity contribution < 1.29 is 4.79 Å². The van der Waals surface area contributed by atoms with E-state index in [9.17, 15) is 4.79 Å². The molecule has 2 rings (SSSR count). The average molecular weight is 175 g/mol. The largest absolute Gasteiger partial charge is 0.323 e. The Labute approximate surface area is 77.8 Å². The summed E-state index contributed by atoms with van der Waals surface area (Å²) in [4.78, 5) is 10.7. The number of hydrogen-bond acceptors (Lipinski definition) is 2. The molecule has 1 aromatic rings. The topological polar surface area (TPSA) is 43.1 Å². The zero-order chi connectivity index (χ0) is 9.26. The Hall–Kier alpha value is -1.15. The first kappa shape index (κ1) is 8.45. The second kappa shape index (κ2) is 3.30. The summed E-state index contributed by atoms with van der Waals surface area (Å²) >= 11 is 0. The highest BCUT2D eigenvalue weighted by atomic mass is 16.1. The summed E-state index contributed by atoms with van der Waals surface area (Å²) in [6.07, 6.45) is 2.86. The summed E-state index contributed by atoms with van der Waals surface area (Å²) in [7, 11) is 0. The van der Waals surface area contributed by atoms with E-state index in [4.69, 9.17) is 5.73 Å². The number of carbonyl (C=O) groups excluding carboxylic acids is 1. The van der Waals surface area contributed by atoms with Crippen molar-refractivity contribution >= 4 is 6.29 Å². The van der Waals surface area contributed by atoms with Gasteiger partial charge in [0.15, 0.2) is 0 Å². The standard InChI is InChI=1S/C11H13NO/c12-11-9(7-13)6-5-8-3-1-2-4-10(8)11/h1-4,7,9,11H,5-6,12H2. The van der Waals surface area contributed by atoms with Crippen LogP contribution in [0.5, 0.6) is 0 Å². The third-order valence-corrected chi connectivity index (χ3v) is 2.80. The van der Waals surface area contributed by atoms with Crippen molar-refractivity contribution in [2.45, 2.75) is 18.9 Å². The van der Waals surface area contributed by atoms with Crippen LogP contribution in [0.4, 0.5) is 0 Å². The summed E-state index contributed by atoms with van der Waals surface area (Å²) < 4.78 is 0. The molecule has 2 unspecified atom stereocenters. The molecule has 68 valence electrons. The van der Waals surface area contributed by atoms with Crippen LogP contribution in [0.1, 0.15) is 23.6 Å². The zero-order valence-corrected chi connectivity index (χ0v) is 7.44. The van der Waals surface area contributed by atoms with E-state index in [1.807, 2.05) is 18.2 Å². The lowest BCUT2D eigenvalue weighted by molar-refractivity contribution is -0.112. The number of aldehydes is 1. The molecule has 0 spiro atoms. The Bertz CT molecular complexity index is 322. The number of nitrogens with two attached hydrogens (primary N) is 1. The van der Waals surface area contributed by atoms with Gasteiger partial charge in [-0.2, -0.15) is 0 Å². The van der Waals surface area contributed by atoms with E-state index in [0.717, 1.165) is 24.7 Å². The fraction of sp³-hybridized carbons (Fsp3) is 0.364. The maximum Gasteiger partial charge on any atom is 0.124 e. The van der Waals surface area contributed by atoms with Gasteiger partial charge in [-0.15, -0.1) is 0 Å². The van der Waals surface area contributed by atoms with Gasteiger partial charge in [-0.25, -0.2) is 0 Å². The second-order valence-electron chi connectivity index (χ2n) is 3.56. The van der Waals surface area contributed by atoms with Gasteiger partial charge in [-0.1, -0.05) is 24.3 Å². The highest BCUT2D eigenvalue weighted by Crippen LogP contribution is 2.31. The van der Waals surface area contributed by atoms with Crippen molar-refractivity contribution in [3.8, 4) is 0 Å². The van der Waals surface area contributed by atoms with Crippen LogP contribution in [-0.2, 0) is 11.2 Å². The average Bonchev–Trinajstić information content (AvgIpc) is 2.19. The molecule has 2 heteroatoms. The lowest BCUT2D eigenvalue weighted by Gasteiger charge is -2.27. The predicted octanol–water partition coefficient (Wildman–Crippen LogP) is 1.45. The van der Waals surface area contributed by atoms with E-state index >= 15 is 0 Å². The molecule has 0 radical (unpaired) electrons. The minimum absolute atomic E-state index is 0.00917. The van der Waals surface area contributed by atoms with Crippen LogP contribution in [0.3, 0.4) is 0 Å². The van der Waals surface area contributed by atoms with Gasteiger partial charge in [0, 0.05) is 12.0 Å². The van der Waals surface area contributed by atoms with Crippen molar-refractivity contribution in [3.05, 3.63) is 35.4 Å². The van der Waals surface area contributed by atoms with Crippen molar-refractivity contribution in [3.63, 3.8) is 0 Å². The smallest absolute Gasteiger partial charge is 0.124 e. The van der Waals surface area contributed by atoms with Gasteiger partial charge in [0.1, 0.15) is 6.29 Å². The molecule has 0 saturated carbocycles. The molecule has 0 saturated heterocycles. The molecule has 1 aliphatic carbocycles. The van der Waals surface area contributed by atoms with Crippen molar-refractivity contribution in [2.75, 3.05) is 0 Å². The molecular formula is C11H13NO. The SMILES string of the molecule is NC1c2ccccc2CCC1C=O. The monoisotopic (exact) mass is 175 g/mol. The molecule has 2 nitrogen and oxygen atoms in total. The maximum atomic E-state index is 10.7. The molecule has 1 aromatic carbocycles. The molecule has 0 heterocycles. The van der Waals surface area contributed by atoms with Gasteiger partial charge < -0.3 is 10.5 Å². The fourth-order valence-electron chi connectivity index (χ4n) is 1.97. The van der Waals surface area contributed by atoms with Gasteiger partial charge >= 0.3 is 0 Å². The summed E-state index contributed by atoms with van der Waals surface area (Å²) in [6.45, 7) is 0. The number of fused-ring (bicyclic) bond motifs is 1. The third kappa shape index (κ3) is 1.38. The van der Waals surface area contributed by atoms with Crippen LogP contribution in [0.2, 0.25) is 0 Å². The lowest BCUT2D eigenvalue weighted by atomic mass is 9.81. The number of benzene rings is 1. The van der Waals surface area contributed by atoms with Gasteiger partial charge in [0.05, 0.1) is 0 Å². The molecule has 2 N–H and O–H groups in total. The molecule has 0 amide bonds. The lowest BCUT2D eigenvalue weighted by Crippen LogP contribution is -2.28. The molecule has 0 aromatic heterocycles. The predicted molar refractivity (Wildman–Crippen MR) is 51.2 cm³/mol. The van der Waals surface area contributed by atoms with Gasteiger partial charge in [0.25, 0.3) is 0 Å². The zero-order valence-electron chi connectivity index (χ0n) is 7.44. The van der Waals surface area contributed by atoms with Crippen molar-refractivity contribution in [1.82, 2.24) is 0 Å². The Morgan fingerprint density at radius 1 is 1.38 bits per heavy atom. The molecule has 1 aliphatic rings. The normalized spacial score (nSPS) is 26.5. The number of hydrogen-bond donors (Lipinski definition) is 1. The molecular weight excluding hydrogens is 162 g/mol. The number of aryl methyl sites for hydroxylation is 1. The quantitative estimate of drug-likeness (QED) is 0.656. The van der Waals surface area contributed by atoms with E-state index in [1.54, 1.807) is 0 Å². The molecule has 2 atom stereocenters. The first-order valence-electron chi connectivity index (χ1n) is 4.61. The maximum absolute atomic E-state index is 10.7. The first-order valence-corrected chi connectivity index (χ1v) is 4.61. The van der Waals surface area contributed by atoms with Gasteiger partial charge in [0.2, 0.25) is 0 Å². The molecule has 0 aliphatic heterocycles. The van der Waals surface area contributed by atoms with Gasteiger partial charge in [-0.05, 0) is 24.0 Å². The van der Waals surface area contributed by atoms with E-state index in [2.05, 4.69) is 6.07 Å². The third-order valence-electron chi connectivity index (χ3n) is 2.80. The van der Waals surface area contributed by atoms with Crippen LogP contribution in [0.15, 0.2) is 24.3 Å². The van der Waals surface area contributed by atoms with Crippen LogP contribution in [-0.4, -0.2) is 6.29 Å². The van der Waals surface area contributed by atoms with Crippen LogP contribution < -0.4 is 5.73 Å². The van der Waals surface area contributed by atoms with Crippen molar-refractivity contribution in [1.29, 1.82) is 0 Å². The first-order chi connectivity index (χ1) is 6.33. The summed E-state index contributed by atoms with van der Waals surface area (Å²) in [6, 6.07) is 8.02. The number of rotatable bonds is 1. The van der Waals surface area contributed by atoms with Crippen LogP contribution in [0, 0.1) is 5.92 Å². The Kier molecular flexibility index (Phi) is 2.15. The minimum Gasteiger partial charge on any atom is -0.323 e. The Balaban J connectivity index is 2.38. The van der Waals surface area contributed by atoms with Crippen molar-refractivity contribution in [2.24, 2.45) is 11.7 Å². The number of carbonyl (C=O) groups is 1. The minimum atomic E-state index is -0.0950. The van der Waals surface area contributed by atoms with E-state index < -0.39 is 0 Å². The second-order valence-corrected chi connectivity index (χ2v) is 3.56. The highest BCUT2D eigenvalue weighted by Gasteiger charge is 2.25. The molecule has 0 fully saturated rings. The molecule has 0 bridgehead atoms. The highest BCUT2D eigenvalue weighted by molar-refractivity contribution is 5.57. The molecule has 13 heavy (non-hydrogen) atoms. The fourth-order valence-corrected chi connectivity index (χ4v) is 1.97. The van der Waals surface area contributed by atoms with Gasteiger partial charge in [-0.3, -0.25) is 0 Å². The summed E-state index contributed by atoms with van der Waals surface area (Å²) in [5.74, 6) is 0.00917. The summed E-state index contributed by atoms with van der Waals surface area (Å²) in [5.41, 5.74) is 8.41. The van der Waals surface area contributed by atoms with E-state index in [-0.39, 0.29) is 12.0 Å². The van der Waals surface area contributed by atoms with E-state index in [1.165, 1.54) is 5.56 Å². The summed E-state index contributed by atoms with van der Waals surface area (Å²) in [5, 5.41) is 0. The Morgan fingerprint density at radius 2 is 2.15 bits per heavy atom. The van der Waals surface area contributed by atoms with Crippen LogP contribution in [0.25, 0.3) is 0 Å². The van der Waals surface area contributed by atoms with Crippen LogP contribution >= 0.6 is 0 Å². The Morgan fingerprint density at radius 3 is 2.92 bits per heavy atom.